The summed E-state index contributed by atoms with van der Waals surface area (Å²) in [6.45, 7) is 0.0833. The van der Waals surface area contributed by atoms with Crippen molar-refractivity contribution in [3.8, 4) is 0 Å². The molecule has 0 atom stereocenters. The molecular weight excluding hydrogens is 84.0 g/mol. The van der Waals surface area contributed by atoms with Gasteiger partial charge in [-0.05, 0) is 0 Å². The van der Waals surface area contributed by atoms with Crippen LogP contribution < -0.4 is 0 Å². The van der Waals surface area contributed by atoms with E-state index < -0.39 is 0 Å². The highest BCUT2D eigenvalue weighted by molar-refractivity contribution is 5.72. The average Bonchev–Trinajstić information content (AvgIpc) is 1.86. The zero-order chi connectivity index (χ0) is 4.41. The minimum absolute atomic E-state index is 0.0833. The summed E-state index contributed by atoms with van der Waals surface area (Å²) >= 11 is 0. The normalized spacial score (nSPS) is 18.3. The highest BCUT2D eigenvalue weighted by Gasteiger charge is 2.05. The van der Waals surface area contributed by atoms with Gasteiger partial charge in [-0.2, -0.15) is 0 Å². The number of carbonyl (C=O) groups excluding carboxylic acids is 1. The summed E-state index contributed by atoms with van der Waals surface area (Å²) in [7, 11) is 0. The van der Waals surface area contributed by atoms with Crippen LogP contribution >= 0.6 is 0 Å². The molecule has 0 bridgehead atoms. The third-order valence-corrected chi connectivity index (χ3v) is 0.400. The van der Waals surface area contributed by atoms with Gasteiger partial charge in [-0.25, -0.2) is 4.79 Å². The molecular formula is C2H2N2O2. The molecule has 0 aromatic heterocycles. The van der Waals surface area contributed by atoms with Crippen LogP contribution in [-0.2, 0) is 9.63 Å². The second-order valence-corrected chi connectivity index (χ2v) is 0.844. The van der Waals surface area contributed by atoms with E-state index in [0.29, 0.717) is 0 Å². The van der Waals surface area contributed by atoms with Crippen molar-refractivity contribution >= 4 is 5.97 Å². The van der Waals surface area contributed by atoms with E-state index in [1.54, 1.807) is 0 Å². The lowest BCUT2D eigenvalue weighted by Gasteiger charge is -1.71. The molecule has 1 aliphatic rings. The number of rotatable bonds is 0. The number of hydrogen-bond acceptors (Lipinski definition) is 4. The first kappa shape index (κ1) is 3.27. The van der Waals surface area contributed by atoms with Gasteiger partial charge >= 0.3 is 5.97 Å². The third-order valence-electron chi connectivity index (χ3n) is 0.400. The number of carbonyl (C=O) groups is 1. The summed E-state index contributed by atoms with van der Waals surface area (Å²) in [6.07, 6.45) is 0. The zero-order valence-corrected chi connectivity index (χ0v) is 2.92. The lowest BCUT2D eigenvalue weighted by Crippen LogP contribution is -1.94. The van der Waals surface area contributed by atoms with Gasteiger partial charge in [0.1, 0.15) is 0 Å². The first-order valence-corrected chi connectivity index (χ1v) is 1.46. The van der Waals surface area contributed by atoms with Crippen molar-refractivity contribution in [1.82, 2.24) is 0 Å². The van der Waals surface area contributed by atoms with Crippen molar-refractivity contribution in [2.75, 3.05) is 6.54 Å². The van der Waals surface area contributed by atoms with E-state index in [1.165, 1.54) is 0 Å². The molecule has 0 aliphatic carbocycles. The molecule has 1 heterocycles. The van der Waals surface area contributed by atoms with Crippen LogP contribution in [0.4, 0.5) is 0 Å². The van der Waals surface area contributed by atoms with Crippen molar-refractivity contribution in [2.45, 2.75) is 0 Å². The van der Waals surface area contributed by atoms with Crippen LogP contribution in [0.3, 0.4) is 0 Å². The molecule has 6 heavy (non-hydrogen) atoms. The van der Waals surface area contributed by atoms with Gasteiger partial charge in [0.25, 0.3) is 0 Å². The Labute approximate surface area is 33.8 Å². The van der Waals surface area contributed by atoms with Crippen LogP contribution in [0.25, 0.3) is 0 Å². The Balaban J connectivity index is 2.52. The lowest BCUT2D eigenvalue weighted by atomic mass is 10.7. The summed E-state index contributed by atoms with van der Waals surface area (Å²) in [5, 5.41) is 6.16. The third kappa shape index (κ3) is 0.357. The molecule has 0 aromatic carbocycles. The fourth-order valence-electron chi connectivity index (χ4n) is 0.190. The van der Waals surface area contributed by atoms with Crippen LogP contribution in [0.2, 0.25) is 0 Å². The van der Waals surface area contributed by atoms with Gasteiger partial charge in [-0.1, -0.05) is 0 Å². The highest BCUT2D eigenvalue weighted by atomic mass is 16.7. The summed E-state index contributed by atoms with van der Waals surface area (Å²) < 4.78 is 0. The molecule has 0 fully saturated rings. The number of nitrogens with zero attached hydrogens (tertiary/aromatic N) is 2. The average molecular weight is 86.0 g/mol. The van der Waals surface area contributed by atoms with Gasteiger partial charge in [0.15, 0.2) is 6.54 Å². The smallest absolute Gasteiger partial charge is 0.298 e. The molecule has 0 saturated heterocycles. The molecule has 0 aromatic rings. The molecule has 1 aliphatic heterocycles. The van der Waals surface area contributed by atoms with E-state index in [9.17, 15) is 4.79 Å². The van der Waals surface area contributed by atoms with Gasteiger partial charge in [-0.15, -0.1) is 5.11 Å². The Morgan fingerprint density at radius 3 is 2.83 bits per heavy atom. The summed E-state index contributed by atoms with van der Waals surface area (Å²) in [6, 6.07) is 0. The fraction of sp³-hybridized carbons (Fsp3) is 0.500. The van der Waals surface area contributed by atoms with Crippen molar-refractivity contribution in [1.29, 1.82) is 0 Å². The van der Waals surface area contributed by atoms with Crippen molar-refractivity contribution < 1.29 is 9.63 Å². The van der Waals surface area contributed by atoms with Crippen LogP contribution in [0, 0.1) is 0 Å². The summed E-state index contributed by atoms with van der Waals surface area (Å²) in [4.78, 5) is 13.8. The van der Waals surface area contributed by atoms with Crippen LogP contribution in [0.15, 0.2) is 10.4 Å². The van der Waals surface area contributed by atoms with E-state index in [-0.39, 0.29) is 12.5 Å². The maximum atomic E-state index is 9.83. The predicted octanol–water partition coefficient (Wildman–Crippen LogP) is -0.0896. The molecule has 4 nitrogen and oxygen atoms in total. The molecule has 0 saturated carbocycles. The van der Waals surface area contributed by atoms with Crippen molar-refractivity contribution in [2.24, 2.45) is 10.4 Å². The Hall–Kier alpha value is -0.930. The van der Waals surface area contributed by atoms with E-state index in [2.05, 4.69) is 15.2 Å². The first-order valence-electron chi connectivity index (χ1n) is 1.46. The van der Waals surface area contributed by atoms with Gasteiger partial charge in [-0.3, -0.25) is 4.84 Å². The standard InChI is InChI=1S/C2H2N2O2/c5-2-1-3-4-6-2/h1H2. The van der Waals surface area contributed by atoms with E-state index >= 15 is 0 Å². The Morgan fingerprint density at radius 1 is 1.83 bits per heavy atom. The van der Waals surface area contributed by atoms with Crippen molar-refractivity contribution in [3.05, 3.63) is 0 Å². The second-order valence-electron chi connectivity index (χ2n) is 0.844. The minimum Gasteiger partial charge on any atom is -0.298 e. The fourth-order valence-corrected chi connectivity index (χ4v) is 0.190. The quantitative estimate of drug-likeness (QED) is 0.413. The molecule has 0 unspecified atom stereocenters. The topological polar surface area (TPSA) is 51.0 Å². The largest absolute Gasteiger partial charge is 0.360 e. The first-order chi connectivity index (χ1) is 2.89. The van der Waals surface area contributed by atoms with Gasteiger partial charge < -0.3 is 0 Å². The molecule has 0 spiro atoms. The predicted molar refractivity (Wildman–Crippen MR) is 15.8 cm³/mol. The van der Waals surface area contributed by atoms with E-state index in [1.807, 2.05) is 0 Å². The molecule has 4 heteroatoms. The van der Waals surface area contributed by atoms with Crippen LogP contribution in [-0.4, -0.2) is 12.5 Å². The molecule has 0 amide bonds. The van der Waals surface area contributed by atoms with E-state index in [0.717, 1.165) is 0 Å². The molecule has 32 valence electrons. The monoisotopic (exact) mass is 86.0 g/mol. The van der Waals surface area contributed by atoms with Gasteiger partial charge in [0.05, 0.1) is 0 Å². The minimum atomic E-state index is -0.380. The van der Waals surface area contributed by atoms with Crippen molar-refractivity contribution in [3.63, 3.8) is 0 Å². The number of hydrogen-bond donors (Lipinski definition) is 0. The Morgan fingerprint density at radius 2 is 2.67 bits per heavy atom. The highest BCUT2D eigenvalue weighted by Crippen LogP contribution is 1.90. The van der Waals surface area contributed by atoms with Crippen LogP contribution in [0.1, 0.15) is 0 Å². The maximum Gasteiger partial charge on any atom is 0.360 e. The van der Waals surface area contributed by atoms with Gasteiger partial charge in [0, 0.05) is 5.28 Å². The SMILES string of the molecule is O=C1CN=NO1. The Kier molecular flexibility index (Phi) is 0.567. The van der Waals surface area contributed by atoms with E-state index in [4.69, 9.17) is 0 Å². The maximum absolute atomic E-state index is 9.83. The van der Waals surface area contributed by atoms with Gasteiger partial charge in [0.2, 0.25) is 0 Å². The Bertz CT molecular complexity index is 87.7. The zero-order valence-electron chi connectivity index (χ0n) is 2.92. The summed E-state index contributed by atoms with van der Waals surface area (Å²) in [5.41, 5.74) is 0. The second kappa shape index (κ2) is 1.04. The molecule has 0 radical (unpaired) electrons. The van der Waals surface area contributed by atoms with Crippen LogP contribution in [0.5, 0.6) is 0 Å². The molecule has 0 N–H and O–H groups in total. The lowest BCUT2D eigenvalue weighted by molar-refractivity contribution is -0.138. The molecule has 1 rings (SSSR count). The summed E-state index contributed by atoms with van der Waals surface area (Å²) in [5.74, 6) is -0.380.